The second-order valence-corrected chi connectivity index (χ2v) is 9.42. The van der Waals surface area contributed by atoms with Gasteiger partial charge in [-0.2, -0.15) is 0 Å². The highest BCUT2D eigenvalue weighted by molar-refractivity contribution is 8.17. The maximum Gasteiger partial charge on any atom is 0.313 e. The molecule has 0 unspecified atom stereocenters. The van der Waals surface area contributed by atoms with Crippen molar-refractivity contribution in [2.24, 2.45) is 5.92 Å². The number of thioether (sulfide) groups is 2. The molecule has 2 aromatic rings. The third-order valence-corrected chi connectivity index (χ3v) is 8.10. The van der Waals surface area contributed by atoms with Crippen LogP contribution in [0, 0.1) is 11.7 Å². The molecule has 0 bridgehead atoms. The molecular formula is C22H21FO2S2. The highest BCUT2D eigenvalue weighted by Gasteiger charge is 2.49. The van der Waals surface area contributed by atoms with Gasteiger partial charge >= 0.3 is 5.97 Å². The van der Waals surface area contributed by atoms with Crippen molar-refractivity contribution in [3.63, 3.8) is 0 Å². The molecule has 0 N–H and O–H groups in total. The summed E-state index contributed by atoms with van der Waals surface area (Å²) in [5, 5.41) is 0. The number of methoxy groups -OCH3 is 1. The fourth-order valence-corrected chi connectivity index (χ4v) is 7.05. The molecule has 2 aliphatic rings. The van der Waals surface area contributed by atoms with E-state index in [4.69, 9.17) is 4.74 Å². The second-order valence-electron chi connectivity index (χ2n) is 6.70. The lowest BCUT2D eigenvalue weighted by molar-refractivity contribution is -0.144. The normalized spacial score (nSPS) is 23.0. The average Bonchev–Trinajstić information content (AvgIpc) is 2.69. The minimum Gasteiger partial charge on any atom is -0.469 e. The molecule has 5 heteroatoms. The van der Waals surface area contributed by atoms with Crippen LogP contribution in [0.25, 0.3) is 5.57 Å². The molecule has 27 heavy (non-hydrogen) atoms. The first-order valence-corrected chi connectivity index (χ1v) is 11.2. The van der Waals surface area contributed by atoms with Crippen molar-refractivity contribution in [1.82, 2.24) is 0 Å². The molecule has 140 valence electrons. The average molecular weight is 401 g/mol. The fourth-order valence-electron chi connectivity index (χ4n) is 3.95. The van der Waals surface area contributed by atoms with Crippen LogP contribution in [-0.4, -0.2) is 29.2 Å². The summed E-state index contributed by atoms with van der Waals surface area (Å²) in [4.78, 5) is 12.7. The van der Waals surface area contributed by atoms with Crippen LogP contribution in [0.5, 0.6) is 0 Å². The van der Waals surface area contributed by atoms with Crippen molar-refractivity contribution < 1.29 is 13.9 Å². The summed E-state index contributed by atoms with van der Waals surface area (Å²) >= 11 is 3.80. The molecule has 0 spiro atoms. The van der Waals surface area contributed by atoms with Gasteiger partial charge < -0.3 is 4.74 Å². The van der Waals surface area contributed by atoms with E-state index in [-0.39, 0.29) is 28.2 Å². The predicted molar refractivity (Wildman–Crippen MR) is 111 cm³/mol. The molecule has 2 atom stereocenters. The summed E-state index contributed by atoms with van der Waals surface area (Å²) in [5.41, 5.74) is 4.24. The standard InChI is InChI=1S/C22H21FO2S2/c1-25-21(24)19-18(15-9-5-10-16(23)13-15)17(14-7-3-2-4-8-14)20(19)22-26-11-6-12-27-22/h2-5,7-10,13,18-19,22H,6,11-12H2,1H3/t18-,19+/m1/s1. The Kier molecular flexibility index (Phi) is 5.60. The van der Waals surface area contributed by atoms with Crippen molar-refractivity contribution >= 4 is 35.1 Å². The Morgan fingerprint density at radius 2 is 1.81 bits per heavy atom. The van der Waals surface area contributed by atoms with Crippen LogP contribution in [0.3, 0.4) is 0 Å². The number of esters is 1. The second kappa shape index (κ2) is 8.11. The molecular weight excluding hydrogens is 379 g/mol. The van der Waals surface area contributed by atoms with E-state index >= 15 is 0 Å². The lowest BCUT2D eigenvalue weighted by Crippen LogP contribution is -2.39. The summed E-state index contributed by atoms with van der Waals surface area (Å²) in [6, 6.07) is 16.8. The van der Waals surface area contributed by atoms with Gasteiger partial charge in [-0.1, -0.05) is 42.5 Å². The van der Waals surface area contributed by atoms with Gasteiger partial charge in [0, 0.05) is 5.92 Å². The van der Waals surface area contributed by atoms with Crippen molar-refractivity contribution in [3.8, 4) is 0 Å². The Morgan fingerprint density at radius 1 is 1.07 bits per heavy atom. The van der Waals surface area contributed by atoms with E-state index in [1.54, 1.807) is 12.1 Å². The van der Waals surface area contributed by atoms with E-state index in [1.165, 1.54) is 19.6 Å². The summed E-state index contributed by atoms with van der Waals surface area (Å²) in [6.07, 6.45) is 1.19. The van der Waals surface area contributed by atoms with Crippen molar-refractivity contribution in [1.29, 1.82) is 0 Å². The first kappa shape index (κ1) is 18.6. The molecule has 1 heterocycles. The van der Waals surface area contributed by atoms with Gasteiger partial charge in [-0.15, -0.1) is 23.5 Å². The minimum absolute atomic E-state index is 0.173. The Hall–Kier alpha value is -1.72. The molecule has 0 aromatic heterocycles. The zero-order chi connectivity index (χ0) is 18.8. The van der Waals surface area contributed by atoms with Crippen LogP contribution in [-0.2, 0) is 9.53 Å². The van der Waals surface area contributed by atoms with E-state index in [2.05, 4.69) is 12.1 Å². The van der Waals surface area contributed by atoms with Crippen LogP contribution in [0.4, 0.5) is 4.39 Å². The lowest BCUT2D eigenvalue weighted by atomic mass is 9.63. The molecule has 2 nitrogen and oxygen atoms in total. The molecule has 1 fully saturated rings. The summed E-state index contributed by atoms with van der Waals surface area (Å²) < 4.78 is 19.3. The van der Waals surface area contributed by atoms with Gasteiger partial charge in [-0.3, -0.25) is 4.79 Å². The number of allylic oxidation sites excluding steroid dienone is 1. The SMILES string of the molecule is COC(=O)[C@@H]1C(C2SCCCS2)=C(c2ccccc2)[C@H]1c1cccc(F)c1. The molecule has 2 aromatic carbocycles. The van der Waals surface area contributed by atoms with Gasteiger partial charge in [0.2, 0.25) is 0 Å². The zero-order valence-corrected chi connectivity index (χ0v) is 16.7. The van der Waals surface area contributed by atoms with Crippen LogP contribution < -0.4 is 0 Å². The number of benzene rings is 2. The number of carbonyl (C=O) groups is 1. The highest BCUT2D eigenvalue weighted by Crippen LogP contribution is 2.58. The number of hydrogen-bond donors (Lipinski definition) is 0. The number of rotatable bonds is 4. The number of hydrogen-bond acceptors (Lipinski definition) is 4. The van der Waals surface area contributed by atoms with Gasteiger partial charge in [0.1, 0.15) is 5.82 Å². The minimum atomic E-state index is -0.352. The first-order valence-electron chi connectivity index (χ1n) is 9.06. The predicted octanol–water partition coefficient (Wildman–Crippen LogP) is 5.36. The molecule has 4 rings (SSSR count). The van der Waals surface area contributed by atoms with Gasteiger partial charge in [-0.05, 0) is 52.3 Å². The van der Waals surface area contributed by atoms with Crippen molar-refractivity contribution in [2.75, 3.05) is 18.6 Å². The Balaban J connectivity index is 1.86. The maximum absolute atomic E-state index is 13.9. The van der Waals surface area contributed by atoms with Crippen LogP contribution in [0.2, 0.25) is 0 Å². The van der Waals surface area contributed by atoms with E-state index < -0.39 is 0 Å². The number of ether oxygens (including phenoxy) is 1. The van der Waals surface area contributed by atoms with Gasteiger partial charge in [-0.25, -0.2) is 4.39 Å². The third kappa shape index (κ3) is 3.55. The highest BCUT2D eigenvalue weighted by atomic mass is 32.2. The van der Waals surface area contributed by atoms with Crippen LogP contribution >= 0.6 is 23.5 Å². The van der Waals surface area contributed by atoms with E-state index in [0.29, 0.717) is 0 Å². The van der Waals surface area contributed by atoms with Crippen LogP contribution in [0.1, 0.15) is 23.5 Å². The number of carbonyl (C=O) groups excluding carboxylic acids is 1. The smallest absolute Gasteiger partial charge is 0.313 e. The van der Waals surface area contributed by atoms with E-state index in [9.17, 15) is 9.18 Å². The van der Waals surface area contributed by atoms with Gasteiger partial charge in [0.05, 0.1) is 17.6 Å². The quantitative estimate of drug-likeness (QED) is 0.645. The summed E-state index contributed by atoms with van der Waals surface area (Å²) in [5.74, 6) is 1.16. The van der Waals surface area contributed by atoms with Crippen LogP contribution in [0.15, 0.2) is 60.2 Å². The van der Waals surface area contributed by atoms with E-state index in [0.717, 1.165) is 33.8 Å². The van der Waals surface area contributed by atoms with Crippen molar-refractivity contribution in [3.05, 3.63) is 77.1 Å². The Bertz CT molecular complexity index is 860. The Morgan fingerprint density at radius 3 is 2.48 bits per heavy atom. The number of halogens is 1. The molecule has 1 aliphatic heterocycles. The van der Waals surface area contributed by atoms with Gasteiger partial charge in [0.15, 0.2) is 0 Å². The summed E-state index contributed by atoms with van der Waals surface area (Å²) in [7, 11) is 1.43. The first-order chi connectivity index (χ1) is 13.2. The topological polar surface area (TPSA) is 26.3 Å². The Labute approximate surface area is 167 Å². The molecule has 0 radical (unpaired) electrons. The summed E-state index contributed by atoms with van der Waals surface area (Å²) in [6.45, 7) is 0. The molecule has 0 amide bonds. The monoisotopic (exact) mass is 400 g/mol. The molecule has 1 aliphatic carbocycles. The lowest BCUT2D eigenvalue weighted by Gasteiger charge is -2.44. The van der Waals surface area contributed by atoms with E-state index in [1.807, 2.05) is 47.8 Å². The largest absolute Gasteiger partial charge is 0.469 e. The zero-order valence-electron chi connectivity index (χ0n) is 15.1. The molecule has 1 saturated heterocycles. The van der Waals surface area contributed by atoms with Gasteiger partial charge in [0.25, 0.3) is 0 Å². The van der Waals surface area contributed by atoms with Crippen molar-refractivity contribution in [2.45, 2.75) is 16.9 Å². The third-order valence-electron chi connectivity index (χ3n) is 5.12. The maximum atomic E-state index is 13.9. The molecule has 0 saturated carbocycles. The fraction of sp³-hybridized carbons (Fsp3) is 0.318.